The minimum Gasteiger partial charge on any atom is -0.445 e. The van der Waals surface area contributed by atoms with Crippen LogP contribution in [0.25, 0.3) is 0 Å². The molecule has 6 aliphatic carbocycles. The molecule has 24 atom stereocenters. The van der Waals surface area contributed by atoms with E-state index in [0.717, 1.165) is 84.0 Å². The average molecular weight is 1040 g/mol. The van der Waals surface area contributed by atoms with Crippen molar-refractivity contribution in [3.8, 4) is 24.7 Å². The summed E-state index contributed by atoms with van der Waals surface area (Å²) < 4.78 is 18.6. The van der Waals surface area contributed by atoms with Gasteiger partial charge in [0.1, 0.15) is 23.8 Å². The molecule has 3 N–H and O–H groups in total. The first-order valence-corrected chi connectivity index (χ1v) is 29.0. The Morgan fingerprint density at radius 3 is 1.69 bits per heavy atom. The number of terminal acetylenes is 2. The van der Waals surface area contributed by atoms with E-state index in [0.29, 0.717) is 44.2 Å². The Labute approximate surface area is 447 Å². The van der Waals surface area contributed by atoms with Crippen LogP contribution in [0, 0.1) is 128 Å². The van der Waals surface area contributed by atoms with Crippen LogP contribution in [-0.4, -0.2) is 121 Å². The molecule has 0 aromatic heterocycles. The second-order valence-electron chi connectivity index (χ2n) is 27.3. The topological polar surface area (TPSA) is 181 Å². The molecule has 4 heterocycles. The van der Waals surface area contributed by atoms with Gasteiger partial charge in [-0.3, -0.25) is 29.8 Å². The highest BCUT2D eigenvalue weighted by Crippen LogP contribution is 2.70. The zero-order valence-electron chi connectivity index (χ0n) is 47.1. The molecule has 10 aliphatic rings. The van der Waals surface area contributed by atoms with Gasteiger partial charge in [-0.25, -0.2) is 9.59 Å². The Kier molecular flexibility index (Phi) is 15.0. The van der Waals surface area contributed by atoms with Gasteiger partial charge in [-0.15, -0.1) is 24.7 Å². The van der Waals surface area contributed by atoms with E-state index in [4.69, 9.17) is 27.1 Å². The summed E-state index contributed by atoms with van der Waals surface area (Å²) in [7, 11) is 1.76. The third kappa shape index (κ3) is 8.65. The summed E-state index contributed by atoms with van der Waals surface area (Å²) in [6.45, 7) is 26.0. The zero-order valence-corrected chi connectivity index (χ0v) is 47.1. The fourth-order valence-corrected chi connectivity index (χ4v) is 19.0. The van der Waals surface area contributed by atoms with Crippen LogP contribution in [0.1, 0.15) is 146 Å². The SMILES string of the molecule is C#CC(C)[C@]1(C)C[C@@H](OC(=O)NC(=O)[C@H]2CN3CC[C@@H]2C3)[C@@]2(C)C3C(=O)CCC3(CC[C@H]2C)[C@@H](C)[C@@H]1O.C#CC(C)[C@]1(C)C[C@@H](OC(=O)NC(=O)[C@H]2CN3CC[C@@H]2C3)[C@@]2(C)C3[C@H](OC)CCC3(CC[C@H]2C)[C@@H](C)C1=O. The van der Waals surface area contributed by atoms with Crippen molar-refractivity contribution in [1.82, 2.24) is 20.4 Å². The molecule has 14 heteroatoms. The van der Waals surface area contributed by atoms with Gasteiger partial charge < -0.3 is 29.1 Å². The van der Waals surface area contributed by atoms with Gasteiger partial charge in [-0.05, 0) is 124 Å². The molecule has 0 aromatic rings. The average Bonchev–Trinajstić information content (AvgIpc) is 4.29. The molecule has 75 heavy (non-hydrogen) atoms. The maximum atomic E-state index is 14.3. The number of hydrogen-bond acceptors (Lipinski definition) is 12. The molecule has 0 aromatic carbocycles. The second kappa shape index (κ2) is 20.1. The number of fused-ring (bicyclic) bond motifs is 4. The number of aliphatic hydroxyl groups is 1. The minimum atomic E-state index is -0.845. The summed E-state index contributed by atoms with van der Waals surface area (Å²) in [6.07, 6.45) is 17.8. The number of ether oxygens (including phenoxy) is 3. The van der Waals surface area contributed by atoms with Crippen molar-refractivity contribution in [2.45, 2.75) is 171 Å². The highest BCUT2D eigenvalue weighted by Gasteiger charge is 2.71. The number of carbonyl (C=O) groups is 6. The van der Waals surface area contributed by atoms with Gasteiger partial charge in [0, 0.05) is 91.0 Å². The summed E-state index contributed by atoms with van der Waals surface area (Å²) in [5.41, 5.74) is -3.18. The molecule has 10 fully saturated rings. The lowest BCUT2D eigenvalue weighted by molar-refractivity contribution is -0.202. The number of carbonyl (C=O) groups excluding carboxylic acids is 6. The second-order valence-corrected chi connectivity index (χ2v) is 27.3. The van der Waals surface area contributed by atoms with E-state index < -0.39 is 52.2 Å². The molecule has 0 radical (unpaired) electrons. The highest BCUT2D eigenvalue weighted by atomic mass is 16.6. The number of nitrogens with one attached hydrogen (secondary N) is 2. The number of ketones is 2. The predicted octanol–water partition coefficient (Wildman–Crippen LogP) is 7.93. The van der Waals surface area contributed by atoms with Crippen molar-refractivity contribution in [2.24, 2.45) is 104 Å². The van der Waals surface area contributed by atoms with Crippen molar-refractivity contribution in [2.75, 3.05) is 46.4 Å². The van der Waals surface area contributed by atoms with E-state index in [1.165, 1.54) is 0 Å². The summed E-state index contributed by atoms with van der Waals surface area (Å²) in [5.74, 6) is 5.06. The largest absolute Gasteiger partial charge is 0.445 e. The smallest absolute Gasteiger partial charge is 0.414 e. The quantitative estimate of drug-likeness (QED) is 0.210. The monoisotopic (exact) mass is 1040 g/mol. The third-order valence-corrected chi connectivity index (χ3v) is 24.7. The minimum absolute atomic E-state index is 0.00806. The highest BCUT2D eigenvalue weighted by molar-refractivity contribution is 5.94. The number of nitrogens with zero attached hydrogens (tertiary/aromatic N) is 2. The molecule has 10 rings (SSSR count). The summed E-state index contributed by atoms with van der Waals surface area (Å²) in [5, 5.41) is 17.0. The first-order chi connectivity index (χ1) is 35.3. The fraction of sp³-hybridized carbons (Fsp3) is 0.836. The number of piperidine rings is 2. The molecule has 14 nitrogen and oxygen atoms in total. The van der Waals surface area contributed by atoms with Gasteiger partial charge >= 0.3 is 12.2 Å². The van der Waals surface area contributed by atoms with E-state index >= 15 is 0 Å². The van der Waals surface area contributed by atoms with Gasteiger partial charge in [0.2, 0.25) is 11.8 Å². The van der Waals surface area contributed by atoms with Crippen LogP contribution in [0.2, 0.25) is 0 Å². The summed E-state index contributed by atoms with van der Waals surface area (Å²) >= 11 is 0. The van der Waals surface area contributed by atoms with Crippen LogP contribution in [0.4, 0.5) is 9.59 Å². The van der Waals surface area contributed by atoms with Crippen molar-refractivity contribution < 1.29 is 48.1 Å². The van der Waals surface area contributed by atoms with Crippen LogP contribution in [-0.2, 0) is 33.4 Å². The number of Topliss-reactive ketones (excluding diaryl/α,β-unsaturated/α-hetero) is 2. The van der Waals surface area contributed by atoms with Crippen molar-refractivity contribution in [3.63, 3.8) is 0 Å². The molecule has 8 unspecified atom stereocenters. The Hall–Kier alpha value is -3.82. The van der Waals surface area contributed by atoms with Crippen molar-refractivity contribution in [1.29, 1.82) is 0 Å². The number of alkyl carbamates (subject to hydrolysis) is 2. The van der Waals surface area contributed by atoms with Gasteiger partial charge in [0.05, 0.1) is 24.0 Å². The first kappa shape index (κ1) is 55.9. The fourth-order valence-electron chi connectivity index (χ4n) is 19.0. The lowest BCUT2D eigenvalue weighted by Gasteiger charge is -2.62. The molecule has 4 amide bonds. The molecular formula is C61H90N4O10. The summed E-state index contributed by atoms with van der Waals surface area (Å²) in [4.78, 5) is 85.3. The van der Waals surface area contributed by atoms with Gasteiger partial charge in [0.15, 0.2) is 0 Å². The van der Waals surface area contributed by atoms with Crippen molar-refractivity contribution >= 4 is 35.6 Å². The number of hydrogen-bond donors (Lipinski definition) is 3. The number of methoxy groups -OCH3 is 1. The van der Waals surface area contributed by atoms with Gasteiger partial charge in [0.25, 0.3) is 0 Å². The predicted molar refractivity (Wildman–Crippen MR) is 283 cm³/mol. The number of aliphatic hydroxyl groups excluding tert-OH is 1. The van der Waals surface area contributed by atoms with E-state index in [9.17, 15) is 33.9 Å². The molecule has 414 valence electrons. The molecule has 4 aliphatic heterocycles. The number of rotatable bonds is 7. The summed E-state index contributed by atoms with van der Waals surface area (Å²) in [6, 6.07) is 0. The van der Waals surface area contributed by atoms with Crippen LogP contribution < -0.4 is 10.6 Å². The van der Waals surface area contributed by atoms with Gasteiger partial charge in [-0.2, -0.15) is 0 Å². The first-order valence-electron chi connectivity index (χ1n) is 29.0. The normalized spacial score (nSPS) is 48.9. The molecule has 6 saturated carbocycles. The zero-order chi connectivity index (χ0) is 54.5. The molecular weight excluding hydrogens is 949 g/mol. The molecule has 4 saturated heterocycles. The Morgan fingerprint density at radius 1 is 0.693 bits per heavy atom. The van der Waals surface area contributed by atoms with Gasteiger partial charge in [-0.1, -0.05) is 69.2 Å². The third-order valence-electron chi connectivity index (χ3n) is 24.7. The Morgan fingerprint density at radius 2 is 1.20 bits per heavy atom. The van der Waals surface area contributed by atoms with Crippen molar-refractivity contribution in [3.05, 3.63) is 0 Å². The van der Waals surface area contributed by atoms with E-state index in [1.807, 2.05) is 27.7 Å². The standard InChI is InChI=1S/C31H46N2O5.C30H44N2O5/c1-8-18(2)29(5)15-24(38-28(36)32-27(35)22-17-33-14-11-21(22)16-33)30(6)19(3)9-12-31(20(4)26(29)34)13-10-23(37-7)25(30)31;1-7-17(2)28(5)14-23(37-27(36)31-26(35)21-16-32-13-10-20(21)15-32)29(6)18(3)8-11-30(19(4)25(28)34)12-9-22(33)24(29)30/h1,18-25H,9-17H2,2-7H3,(H,32,35,36);1,17-21,23-25,34H,8-16H2,2-6H3,(H,31,35,36)/t18?,19-,20+,21-,22+,23-,24-,25?,29+,30+,31?;17?,18-,19+,20-,21+,23-,24?,25+,28+,29+,30?/m11/s1. The number of amides is 4. The van der Waals surface area contributed by atoms with E-state index in [-0.39, 0.29) is 99.5 Å². The molecule has 0 spiro atoms. The van der Waals surface area contributed by atoms with Crippen LogP contribution in [0.15, 0.2) is 0 Å². The lowest BCUT2D eigenvalue weighted by Crippen LogP contribution is -2.64. The molecule has 8 bridgehead atoms. The lowest BCUT2D eigenvalue weighted by atomic mass is 9.43. The maximum absolute atomic E-state index is 14.3. The van der Waals surface area contributed by atoms with Crippen LogP contribution >= 0.6 is 0 Å². The van der Waals surface area contributed by atoms with Crippen LogP contribution in [0.5, 0.6) is 0 Å². The van der Waals surface area contributed by atoms with Crippen LogP contribution in [0.3, 0.4) is 0 Å². The Balaban J connectivity index is 0.000000184. The number of imide groups is 2. The van der Waals surface area contributed by atoms with E-state index in [1.54, 1.807) is 7.11 Å². The Bertz CT molecular complexity index is 2380. The maximum Gasteiger partial charge on any atom is 0.414 e. The van der Waals surface area contributed by atoms with E-state index in [2.05, 4.69) is 73.8 Å².